The number of hydrogen-bond acceptors (Lipinski definition) is 3. The molecule has 2 aromatic rings. The molecule has 1 aliphatic heterocycles. The van der Waals surface area contributed by atoms with Gasteiger partial charge < -0.3 is 4.74 Å². The van der Waals surface area contributed by atoms with E-state index in [1.807, 2.05) is 12.1 Å². The maximum atomic E-state index is 14.2. The third kappa shape index (κ3) is 4.18. The van der Waals surface area contributed by atoms with E-state index in [-0.39, 0.29) is 11.9 Å². The van der Waals surface area contributed by atoms with Gasteiger partial charge in [0.05, 0.1) is 18.7 Å². The zero-order chi connectivity index (χ0) is 17.6. The van der Waals surface area contributed by atoms with Crippen LogP contribution in [-0.2, 0) is 6.54 Å². The number of likely N-dealkylation sites (tertiary alicyclic amines) is 1. The van der Waals surface area contributed by atoms with E-state index in [2.05, 4.69) is 23.1 Å². The molecule has 0 radical (unpaired) electrons. The van der Waals surface area contributed by atoms with Crippen molar-refractivity contribution in [3.8, 4) is 11.8 Å². The minimum atomic E-state index is -0.239. The first-order valence-corrected chi connectivity index (χ1v) is 8.78. The minimum absolute atomic E-state index is 0.239. The maximum Gasteiger partial charge on any atom is 0.127 e. The molecule has 3 nitrogen and oxygen atoms in total. The van der Waals surface area contributed by atoms with Gasteiger partial charge in [0.1, 0.15) is 11.6 Å². The standard InChI is InChI=1S/C21H23FN2O/c1-25-19-9-7-17(8-10-19)21-5-3-2-4-12-24(21)15-18-13-16(14-23)6-11-20(18)22/h6-11,13,21H,2-5,12,15H2,1H3/t21-/m1/s1. The van der Waals surface area contributed by atoms with Crippen molar-refractivity contribution in [2.24, 2.45) is 0 Å². The molecule has 1 heterocycles. The molecule has 0 unspecified atom stereocenters. The number of hydrogen-bond donors (Lipinski definition) is 0. The van der Waals surface area contributed by atoms with Gasteiger partial charge in [-0.05, 0) is 55.3 Å². The first kappa shape index (κ1) is 17.4. The van der Waals surface area contributed by atoms with Crippen LogP contribution in [0.25, 0.3) is 0 Å². The highest BCUT2D eigenvalue weighted by atomic mass is 19.1. The predicted molar refractivity (Wildman–Crippen MR) is 95.7 cm³/mol. The Morgan fingerprint density at radius 3 is 2.68 bits per heavy atom. The molecule has 3 rings (SSSR count). The average Bonchev–Trinajstić information content (AvgIpc) is 2.89. The zero-order valence-electron chi connectivity index (χ0n) is 14.5. The Balaban J connectivity index is 1.86. The summed E-state index contributed by atoms with van der Waals surface area (Å²) in [6.07, 6.45) is 4.55. The highest BCUT2D eigenvalue weighted by Gasteiger charge is 2.23. The highest BCUT2D eigenvalue weighted by molar-refractivity contribution is 5.34. The molecule has 0 N–H and O–H groups in total. The molecule has 0 aliphatic carbocycles. The van der Waals surface area contributed by atoms with Crippen molar-refractivity contribution in [2.75, 3.05) is 13.7 Å². The molecular formula is C21H23FN2O. The third-order valence-electron chi connectivity index (χ3n) is 4.91. The zero-order valence-corrected chi connectivity index (χ0v) is 14.5. The van der Waals surface area contributed by atoms with Crippen LogP contribution in [0.5, 0.6) is 5.75 Å². The molecule has 2 aromatic carbocycles. The van der Waals surface area contributed by atoms with E-state index in [4.69, 9.17) is 10.00 Å². The molecule has 1 atom stereocenters. The van der Waals surface area contributed by atoms with Gasteiger partial charge in [-0.1, -0.05) is 25.0 Å². The molecule has 1 fully saturated rings. The van der Waals surface area contributed by atoms with Crippen LogP contribution in [0.2, 0.25) is 0 Å². The number of benzene rings is 2. The first-order chi connectivity index (χ1) is 12.2. The largest absolute Gasteiger partial charge is 0.497 e. The maximum absolute atomic E-state index is 14.2. The lowest BCUT2D eigenvalue weighted by Gasteiger charge is -2.30. The fourth-order valence-corrected chi connectivity index (χ4v) is 3.54. The van der Waals surface area contributed by atoms with Gasteiger partial charge in [-0.25, -0.2) is 4.39 Å². The third-order valence-corrected chi connectivity index (χ3v) is 4.91. The van der Waals surface area contributed by atoms with Crippen molar-refractivity contribution in [2.45, 2.75) is 38.3 Å². The molecule has 130 valence electrons. The van der Waals surface area contributed by atoms with Crippen molar-refractivity contribution < 1.29 is 9.13 Å². The average molecular weight is 338 g/mol. The molecule has 1 aliphatic rings. The fraction of sp³-hybridized carbons (Fsp3) is 0.381. The van der Waals surface area contributed by atoms with Crippen molar-refractivity contribution in [3.63, 3.8) is 0 Å². The molecule has 0 spiro atoms. The van der Waals surface area contributed by atoms with Gasteiger partial charge in [-0.2, -0.15) is 5.26 Å². The van der Waals surface area contributed by atoms with Crippen LogP contribution in [-0.4, -0.2) is 18.6 Å². The second-order valence-corrected chi connectivity index (χ2v) is 6.53. The summed E-state index contributed by atoms with van der Waals surface area (Å²) in [5.41, 5.74) is 2.34. The van der Waals surface area contributed by atoms with Crippen LogP contribution in [0.1, 0.15) is 48.4 Å². The van der Waals surface area contributed by atoms with Crippen molar-refractivity contribution >= 4 is 0 Å². The molecule has 0 saturated carbocycles. The Kier molecular flexibility index (Phi) is 5.67. The van der Waals surface area contributed by atoms with Crippen LogP contribution >= 0.6 is 0 Å². The van der Waals surface area contributed by atoms with Crippen molar-refractivity contribution in [1.29, 1.82) is 5.26 Å². The molecule has 0 amide bonds. The van der Waals surface area contributed by atoms with E-state index < -0.39 is 0 Å². The monoisotopic (exact) mass is 338 g/mol. The van der Waals surface area contributed by atoms with Gasteiger partial charge in [0.2, 0.25) is 0 Å². The van der Waals surface area contributed by atoms with Crippen molar-refractivity contribution in [1.82, 2.24) is 4.90 Å². The number of halogens is 1. The molecule has 25 heavy (non-hydrogen) atoms. The van der Waals surface area contributed by atoms with Gasteiger partial charge in [0.15, 0.2) is 0 Å². The molecule has 0 bridgehead atoms. The number of nitrogens with zero attached hydrogens (tertiary/aromatic N) is 2. The minimum Gasteiger partial charge on any atom is -0.497 e. The number of ether oxygens (including phenoxy) is 1. The van der Waals surface area contributed by atoms with E-state index >= 15 is 0 Å². The lowest BCUT2D eigenvalue weighted by atomic mass is 10.00. The van der Waals surface area contributed by atoms with Crippen LogP contribution < -0.4 is 4.74 Å². The summed E-state index contributed by atoms with van der Waals surface area (Å²) < 4.78 is 19.5. The lowest BCUT2D eigenvalue weighted by Crippen LogP contribution is -2.28. The summed E-state index contributed by atoms with van der Waals surface area (Å²) in [6.45, 7) is 1.46. The summed E-state index contributed by atoms with van der Waals surface area (Å²) in [5.74, 6) is 0.605. The topological polar surface area (TPSA) is 36.3 Å². The van der Waals surface area contributed by atoms with Gasteiger partial charge in [-0.3, -0.25) is 4.90 Å². The van der Waals surface area contributed by atoms with Crippen LogP contribution in [0.15, 0.2) is 42.5 Å². The number of rotatable bonds is 4. The molecule has 4 heteroatoms. The van der Waals surface area contributed by atoms with E-state index in [9.17, 15) is 4.39 Å². The summed E-state index contributed by atoms with van der Waals surface area (Å²) in [5, 5.41) is 9.09. The molecular weight excluding hydrogens is 315 g/mol. The Morgan fingerprint density at radius 2 is 1.96 bits per heavy atom. The van der Waals surface area contributed by atoms with Crippen LogP contribution in [0.3, 0.4) is 0 Å². The van der Waals surface area contributed by atoms with Gasteiger partial charge in [0.25, 0.3) is 0 Å². The Bertz CT molecular complexity index is 751. The summed E-state index contributed by atoms with van der Waals surface area (Å²) in [7, 11) is 1.66. The van der Waals surface area contributed by atoms with E-state index in [1.54, 1.807) is 13.2 Å². The number of methoxy groups -OCH3 is 1. The first-order valence-electron chi connectivity index (χ1n) is 8.78. The van der Waals surface area contributed by atoms with Crippen LogP contribution in [0, 0.1) is 17.1 Å². The normalized spacial score (nSPS) is 18.4. The SMILES string of the molecule is COc1ccc([C@H]2CCCCCN2Cc2cc(C#N)ccc2F)cc1. The van der Waals surface area contributed by atoms with E-state index in [0.29, 0.717) is 17.7 Å². The smallest absolute Gasteiger partial charge is 0.127 e. The molecule has 0 aromatic heterocycles. The van der Waals surface area contributed by atoms with Gasteiger partial charge in [-0.15, -0.1) is 0 Å². The quantitative estimate of drug-likeness (QED) is 0.801. The summed E-state index contributed by atoms with van der Waals surface area (Å²) in [6, 6.07) is 15.1. The predicted octanol–water partition coefficient (Wildman–Crippen LogP) is 4.82. The molecule has 1 saturated heterocycles. The number of nitriles is 1. The van der Waals surface area contributed by atoms with Crippen LogP contribution in [0.4, 0.5) is 4.39 Å². The van der Waals surface area contributed by atoms with Crippen molar-refractivity contribution in [3.05, 3.63) is 65.0 Å². The second kappa shape index (κ2) is 8.13. The second-order valence-electron chi connectivity index (χ2n) is 6.53. The highest BCUT2D eigenvalue weighted by Crippen LogP contribution is 2.32. The van der Waals surface area contributed by atoms with Gasteiger partial charge in [0, 0.05) is 18.2 Å². The van der Waals surface area contributed by atoms with E-state index in [0.717, 1.165) is 25.1 Å². The fourth-order valence-electron chi connectivity index (χ4n) is 3.54. The van der Waals surface area contributed by atoms with E-state index in [1.165, 1.54) is 30.5 Å². The Hall–Kier alpha value is -2.38. The van der Waals surface area contributed by atoms with Gasteiger partial charge >= 0.3 is 0 Å². The summed E-state index contributed by atoms with van der Waals surface area (Å²) in [4.78, 5) is 2.34. The Morgan fingerprint density at radius 1 is 1.16 bits per heavy atom. The summed E-state index contributed by atoms with van der Waals surface area (Å²) >= 11 is 0. The Labute approximate surface area is 148 Å². The lowest BCUT2D eigenvalue weighted by molar-refractivity contribution is 0.190.